The smallest absolute Gasteiger partial charge is 0.252 e. The minimum Gasteiger partial charge on any atom is -0.347 e. The van der Waals surface area contributed by atoms with Crippen molar-refractivity contribution in [3.63, 3.8) is 0 Å². The topological polar surface area (TPSA) is 57.8 Å². The molecule has 16 heavy (non-hydrogen) atoms. The number of hydrogen-bond acceptors (Lipinski definition) is 2. The lowest BCUT2D eigenvalue weighted by molar-refractivity contribution is 0.0938. The van der Waals surface area contributed by atoms with Gasteiger partial charge in [-0.3, -0.25) is 4.79 Å². The molecular formula is C12H12N3O. The van der Waals surface area contributed by atoms with Crippen molar-refractivity contribution in [2.75, 3.05) is 0 Å². The third-order valence-electron chi connectivity index (χ3n) is 2.23. The van der Waals surface area contributed by atoms with Crippen LogP contribution in [-0.4, -0.2) is 15.9 Å². The molecule has 1 aromatic carbocycles. The van der Waals surface area contributed by atoms with E-state index in [0.29, 0.717) is 5.56 Å². The highest BCUT2D eigenvalue weighted by Gasteiger charge is 2.12. The van der Waals surface area contributed by atoms with Gasteiger partial charge in [0.25, 0.3) is 5.91 Å². The summed E-state index contributed by atoms with van der Waals surface area (Å²) in [5.74, 6) is 0.591. The zero-order valence-corrected chi connectivity index (χ0v) is 8.90. The lowest BCUT2D eigenvalue weighted by Crippen LogP contribution is -2.27. The summed E-state index contributed by atoms with van der Waals surface area (Å²) in [6.45, 7) is 1.87. The molecule has 0 fully saturated rings. The van der Waals surface area contributed by atoms with Crippen molar-refractivity contribution >= 4 is 5.91 Å². The molecule has 1 unspecified atom stereocenters. The van der Waals surface area contributed by atoms with Crippen molar-refractivity contribution < 1.29 is 4.79 Å². The first kappa shape index (κ1) is 10.4. The number of carbonyl (C=O) groups excluding carboxylic acids is 1. The van der Waals surface area contributed by atoms with Gasteiger partial charge in [0.05, 0.1) is 6.04 Å². The number of amides is 1. The number of aromatic amines is 1. The first-order chi connectivity index (χ1) is 7.77. The van der Waals surface area contributed by atoms with Crippen LogP contribution in [0.2, 0.25) is 0 Å². The average molecular weight is 214 g/mol. The number of carbonyl (C=O) groups is 1. The van der Waals surface area contributed by atoms with Gasteiger partial charge in [-0.2, -0.15) is 0 Å². The van der Waals surface area contributed by atoms with Crippen LogP contribution in [0.5, 0.6) is 0 Å². The fourth-order valence-electron chi connectivity index (χ4n) is 1.39. The summed E-state index contributed by atoms with van der Waals surface area (Å²) < 4.78 is 0. The Hall–Kier alpha value is -2.10. The zero-order valence-electron chi connectivity index (χ0n) is 8.90. The van der Waals surface area contributed by atoms with E-state index in [9.17, 15) is 4.79 Å². The Morgan fingerprint density at radius 2 is 2.44 bits per heavy atom. The van der Waals surface area contributed by atoms with E-state index in [1.54, 1.807) is 24.5 Å². The van der Waals surface area contributed by atoms with E-state index in [1.165, 1.54) is 0 Å². The molecule has 4 nitrogen and oxygen atoms in total. The lowest BCUT2D eigenvalue weighted by atomic mass is 10.2. The summed E-state index contributed by atoms with van der Waals surface area (Å²) in [5, 5.41) is 2.83. The molecule has 1 heterocycles. The van der Waals surface area contributed by atoms with Crippen LogP contribution in [0.4, 0.5) is 0 Å². The van der Waals surface area contributed by atoms with Crippen LogP contribution < -0.4 is 5.32 Å². The predicted octanol–water partition coefficient (Wildman–Crippen LogP) is 1.70. The Balaban J connectivity index is 2.03. The number of nitrogens with zero attached hydrogens (tertiary/aromatic N) is 1. The second kappa shape index (κ2) is 4.61. The van der Waals surface area contributed by atoms with Gasteiger partial charge in [0, 0.05) is 18.0 Å². The van der Waals surface area contributed by atoms with E-state index in [2.05, 4.69) is 21.4 Å². The SMILES string of the molecule is CC(NC(=O)c1[c]cccc1)c1ncc[nH]1. The second-order valence-electron chi connectivity index (χ2n) is 3.45. The summed E-state index contributed by atoms with van der Waals surface area (Å²) in [4.78, 5) is 18.8. The fraction of sp³-hybridized carbons (Fsp3) is 0.167. The molecule has 81 valence electrons. The number of H-pyrrole nitrogens is 1. The van der Waals surface area contributed by atoms with E-state index in [0.717, 1.165) is 5.82 Å². The maximum Gasteiger partial charge on any atom is 0.252 e. The van der Waals surface area contributed by atoms with E-state index in [1.807, 2.05) is 19.1 Å². The van der Waals surface area contributed by atoms with Gasteiger partial charge < -0.3 is 10.3 Å². The average Bonchev–Trinajstić information content (AvgIpc) is 2.83. The van der Waals surface area contributed by atoms with Gasteiger partial charge in [0.2, 0.25) is 0 Å². The number of rotatable bonds is 3. The molecule has 0 aliphatic rings. The van der Waals surface area contributed by atoms with Gasteiger partial charge in [0.1, 0.15) is 5.82 Å². The Morgan fingerprint density at radius 3 is 3.06 bits per heavy atom. The maximum atomic E-state index is 11.8. The lowest BCUT2D eigenvalue weighted by Gasteiger charge is -2.10. The molecule has 4 heteroatoms. The Kier molecular flexibility index (Phi) is 3.00. The van der Waals surface area contributed by atoms with Gasteiger partial charge in [-0.25, -0.2) is 4.98 Å². The number of benzene rings is 1. The monoisotopic (exact) mass is 214 g/mol. The van der Waals surface area contributed by atoms with Crippen LogP contribution in [0, 0.1) is 6.07 Å². The molecule has 1 aromatic heterocycles. The Bertz CT molecular complexity index is 450. The summed E-state index contributed by atoms with van der Waals surface area (Å²) in [5.41, 5.74) is 0.529. The summed E-state index contributed by atoms with van der Waals surface area (Å²) >= 11 is 0. The third kappa shape index (κ3) is 2.28. The van der Waals surface area contributed by atoms with Crippen LogP contribution in [0.15, 0.2) is 36.7 Å². The van der Waals surface area contributed by atoms with E-state index in [-0.39, 0.29) is 11.9 Å². The van der Waals surface area contributed by atoms with Crippen molar-refractivity contribution in [3.8, 4) is 0 Å². The molecule has 2 rings (SSSR count). The summed E-state index contributed by atoms with van der Waals surface area (Å²) in [7, 11) is 0. The van der Waals surface area contributed by atoms with Crippen LogP contribution >= 0.6 is 0 Å². The Morgan fingerprint density at radius 1 is 1.56 bits per heavy atom. The van der Waals surface area contributed by atoms with Gasteiger partial charge >= 0.3 is 0 Å². The zero-order chi connectivity index (χ0) is 11.4. The van der Waals surface area contributed by atoms with E-state index >= 15 is 0 Å². The van der Waals surface area contributed by atoms with Crippen molar-refractivity contribution in [1.82, 2.24) is 15.3 Å². The highest BCUT2D eigenvalue weighted by molar-refractivity contribution is 5.94. The molecule has 0 saturated carbocycles. The van der Waals surface area contributed by atoms with E-state index in [4.69, 9.17) is 0 Å². The second-order valence-corrected chi connectivity index (χ2v) is 3.45. The molecule has 1 atom stereocenters. The summed E-state index contributed by atoms with van der Waals surface area (Å²) in [6.07, 6.45) is 3.39. The summed E-state index contributed by atoms with van der Waals surface area (Å²) in [6, 6.07) is 9.81. The van der Waals surface area contributed by atoms with Gasteiger partial charge in [-0.05, 0) is 19.1 Å². The van der Waals surface area contributed by atoms with Gasteiger partial charge in [0.15, 0.2) is 0 Å². The first-order valence-corrected chi connectivity index (χ1v) is 5.04. The molecule has 0 spiro atoms. The normalized spacial score (nSPS) is 12.1. The number of hydrogen-bond donors (Lipinski definition) is 2. The van der Waals surface area contributed by atoms with Crippen molar-refractivity contribution in [1.29, 1.82) is 0 Å². The van der Waals surface area contributed by atoms with Gasteiger partial charge in [-0.1, -0.05) is 18.2 Å². The van der Waals surface area contributed by atoms with Crippen molar-refractivity contribution in [2.45, 2.75) is 13.0 Å². The molecule has 0 saturated heterocycles. The predicted molar refractivity (Wildman–Crippen MR) is 59.7 cm³/mol. The standard InChI is InChI=1S/C12H12N3O/c1-9(11-13-7-8-14-11)15-12(16)10-5-3-2-4-6-10/h2-5,7-9H,1H3,(H,13,14)(H,15,16). The highest BCUT2D eigenvalue weighted by atomic mass is 16.1. The van der Waals surface area contributed by atoms with Crippen molar-refractivity contribution in [2.24, 2.45) is 0 Å². The van der Waals surface area contributed by atoms with E-state index < -0.39 is 0 Å². The molecule has 1 amide bonds. The molecule has 0 aliphatic carbocycles. The largest absolute Gasteiger partial charge is 0.347 e. The molecule has 2 aromatic rings. The van der Waals surface area contributed by atoms with Gasteiger partial charge in [-0.15, -0.1) is 0 Å². The minimum atomic E-state index is -0.149. The minimum absolute atomic E-state index is 0.142. The quantitative estimate of drug-likeness (QED) is 0.817. The first-order valence-electron chi connectivity index (χ1n) is 5.04. The fourth-order valence-corrected chi connectivity index (χ4v) is 1.39. The molecular weight excluding hydrogens is 202 g/mol. The number of imidazole rings is 1. The van der Waals surface area contributed by atoms with Crippen LogP contribution in [0.1, 0.15) is 29.1 Å². The molecule has 0 aliphatic heterocycles. The highest BCUT2D eigenvalue weighted by Crippen LogP contribution is 2.07. The maximum absolute atomic E-state index is 11.8. The van der Waals surface area contributed by atoms with Crippen molar-refractivity contribution in [3.05, 3.63) is 54.1 Å². The molecule has 1 radical (unpaired) electrons. The van der Waals surface area contributed by atoms with Crippen LogP contribution in [0.25, 0.3) is 0 Å². The number of aromatic nitrogens is 2. The van der Waals surface area contributed by atoms with Crippen LogP contribution in [-0.2, 0) is 0 Å². The van der Waals surface area contributed by atoms with Crippen LogP contribution in [0.3, 0.4) is 0 Å². The molecule has 0 bridgehead atoms. The Labute approximate surface area is 93.7 Å². The number of nitrogens with one attached hydrogen (secondary N) is 2. The third-order valence-corrected chi connectivity index (χ3v) is 2.23. The molecule has 2 N–H and O–H groups in total.